The van der Waals surface area contributed by atoms with Crippen molar-refractivity contribution in [2.45, 2.75) is 45.4 Å². The number of hydrogen-bond acceptors (Lipinski definition) is 2. The van der Waals surface area contributed by atoms with Crippen LogP contribution in [0.15, 0.2) is 0 Å². The van der Waals surface area contributed by atoms with Gasteiger partial charge in [0.05, 0.1) is 0 Å². The summed E-state index contributed by atoms with van der Waals surface area (Å²) in [6.07, 6.45) is 3.29. The number of rotatable bonds is 2. The van der Waals surface area contributed by atoms with Gasteiger partial charge >= 0.3 is 0 Å². The Balaban J connectivity index is 2.69. The van der Waals surface area contributed by atoms with Crippen LogP contribution >= 0.6 is 11.6 Å². The molecule has 94 valence electrons. The van der Waals surface area contributed by atoms with Crippen molar-refractivity contribution < 1.29 is 5.11 Å². The molecule has 1 aliphatic rings. The largest absolute Gasteiger partial charge is 0.507 e. The van der Waals surface area contributed by atoms with Gasteiger partial charge in [-0.05, 0) is 50.3 Å². The van der Waals surface area contributed by atoms with E-state index in [1.54, 1.807) is 0 Å². The van der Waals surface area contributed by atoms with E-state index < -0.39 is 0 Å². The molecule has 3 N–H and O–H groups in total. The molecule has 0 radical (unpaired) electrons. The van der Waals surface area contributed by atoms with Crippen LogP contribution in [0.4, 0.5) is 0 Å². The topological polar surface area (TPSA) is 46.2 Å². The van der Waals surface area contributed by atoms with Gasteiger partial charge in [-0.1, -0.05) is 18.0 Å². The van der Waals surface area contributed by atoms with Crippen LogP contribution in [0, 0.1) is 20.8 Å². The Bertz CT molecular complexity index is 429. The molecule has 0 atom stereocenters. The maximum Gasteiger partial charge on any atom is 0.122 e. The minimum absolute atomic E-state index is 0.0454. The Morgan fingerprint density at radius 2 is 1.76 bits per heavy atom. The highest BCUT2D eigenvalue weighted by Gasteiger charge is 2.41. The molecule has 1 saturated carbocycles. The highest BCUT2D eigenvalue weighted by Crippen LogP contribution is 2.50. The molecule has 0 aromatic heterocycles. The Morgan fingerprint density at radius 3 is 2.18 bits per heavy atom. The van der Waals surface area contributed by atoms with Gasteiger partial charge in [-0.2, -0.15) is 0 Å². The van der Waals surface area contributed by atoms with E-state index >= 15 is 0 Å². The van der Waals surface area contributed by atoms with Crippen molar-refractivity contribution in [3.8, 4) is 5.75 Å². The molecular weight excluding hydrogens is 234 g/mol. The van der Waals surface area contributed by atoms with Crippen molar-refractivity contribution in [1.29, 1.82) is 0 Å². The van der Waals surface area contributed by atoms with Gasteiger partial charge < -0.3 is 10.8 Å². The zero-order chi connectivity index (χ0) is 12.8. The lowest BCUT2D eigenvalue weighted by molar-refractivity contribution is 0.243. The standard InChI is InChI=1S/C14H20ClNO/c1-8-9(2)13(17)11(10(3)12(8)15)14(7-16)5-4-6-14/h17H,4-7,16H2,1-3H3. The Morgan fingerprint density at radius 1 is 1.18 bits per heavy atom. The molecule has 1 aromatic rings. The molecule has 1 aliphatic carbocycles. The number of phenolic OH excluding ortho intramolecular Hbond substituents is 1. The number of hydrogen-bond donors (Lipinski definition) is 2. The molecule has 17 heavy (non-hydrogen) atoms. The van der Waals surface area contributed by atoms with E-state index in [2.05, 4.69) is 0 Å². The number of phenols is 1. The molecule has 0 bridgehead atoms. The summed E-state index contributed by atoms with van der Waals surface area (Å²) in [7, 11) is 0. The van der Waals surface area contributed by atoms with Crippen LogP contribution in [0.1, 0.15) is 41.5 Å². The molecule has 0 saturated heterocycles. The molecule has 1 aromatic carbocycles. The summed E-state index contributed by atoms with van der Waals surface area (Å²) in [5.74, 6) is 0.398. The second-order valence-electron chi connectivity index (χ2n) is 5.25. The minimum atomic E-state index is -0.0454. The maximum atomic E-state index is 10.4. The molecule has 1 fully saturated rings. The van der Waals surface area contributed by atoms with Gasteiger partial charge in [0, 0.05) is 22.5 Å². The molecular formula is C14H20ClNO. The summed E-state index contributed by atoms with van der Waals surface area (Å²) in [5, 5.41) is 11.2. The first-order valence-corrected chi connectivity index (χ1v) is 6.51. The van der Waals surface area contributed by atoms with Gasteiger partial charge in [-0.15, -0.1) is 0 Å². The summed E-state index contributed by atoms with van der Waals surface area (Å²) >= 11 is 6.35. The Hall–Kier alpha value is -0.730. The summed E-state index contributed by atoms with van der Waals surface area (Å²) in [6.45, 7) is 6.44. The van der Waals surface area contributed by atoms with Crippen molar-refractivity contribution >= 4 is 11.6 Å². The van der Waals surface area contributed by atoms with E-state index in [9.17, 15) is 5.11 Å². The van der Waals surface area contributed by atoms with E-state index in [-0.39, 0.29) is 5.41 Å². The number of aromatic hydroxyl groups is 1. The highest BCUT2D eigenvalue weighted by atomic mass is 35.5. The third-order valence-corrected chi connectivity index (χ3v) is 4.99. The molecule has 0 amide bonds. The maximum absolute atomic E-state index is 10.4. The van der Waals surface area contributed by atoms with E-state index in [1.165, 1.54) is 6.42 Å². The highest BCUT2D eigenvalue weighted by molar-refractivity contribution is 6.32. The second kappa shape index (κ2) is 4.18. The number of benzene rings is 1. The molecule has 0 spiro atoms. The van der Waals surface area contributed by atoms with Crippen LogP contribution in [-0.2, 0) is 5.41 Å². The third-order valence-electron chi connectivity index (χ3n) is 4.42. The summed E-state index contributed by atoms with van der Waals surface area (Å²) < 4.78 is 0. The molecule has 3 heteroatoms. The van der Waals surface area contributed by atoms with Gasteiger partial charge in [0.25, 0.3) is 0 Å². The van der Waals surface area contributed by atoms with Crippen LogP contribution in [0.5, 0.6) is 5.75 Å². The summed E-state index contributed by atoms with van der Waals surface area (Å²) in [6, 6.07) is 0. The fraction of sp³-hybridized carbons (Fsp3) is 0.571. The first-order chi connectivity index (χ1) is 7.94. The number of nitrogens with two attached hydrogens (primary N) is 1. The average molecular weight is 254 g/mol. The monoisotopic (exact) mass is 253 g/mol. The molecule has 0 unspecified atom stereocenters. The zero-order valence-corrected chi connectivity index (χ0v) is 11.5. The quantitative estimate of drug-likeness (QED) is 0.849. The number of halogens is 1. The average Bonchev–Trinajstić information content (AvgIpc) is 2.27. The minimum Gasteiger partial charge on any atom is -0.507 e. The van der Waals surface area contributed by atoms with Crippen molar-refractivity contribution in [3.63, 3.8) is 0 Å². The Kier molecular flexibility index (Phi) is 3.13. The first-order valence-electron chi connectivity index (χ1n) is 6.13. The van der Waals surface area contributed by atoms with Crippen molar-refractivity contribution in [3.05, 3.63) is 27.3 Å². The van der Waals surface area contributed by atoms with Gasteiger partial charge in [-0.3, -0.25) is 0 Å². The van der Waals surface area contributed by atoms with Gasteiger partial charge in [0.1, 0.15) is 5.75 Å². The fourth-order valence-electron chi connectivity index (χ4n) is 2.91. The first kappa shape index (κ1) is 12.7. The van der Waals surface area contributed by atoms with Crippen LogP contribution < -0.4 is 5.73 Å². The molecule has 0 heterocycles. The summed E-state index contributed by atoms with van der Waals surface area (Å²) in [4.78, 5) is 0. The fourth-order valence-corrected chi connectivity index (χ4v) is 3.14. The predicted octanol–water partition coefficient (Wildman–Crippen LogP) is 3.35. The van der Waals surface area contributed by atoms with E-state index in [0.717, 1.165) is 40.1 Å². The van der Waals surface area contributed by atoms with Crippen molar-refractivity contribution in [2.75, 3.05) is 6.54 Å². The zero-order valence-electron chi connectivity index (χ0n) is 10.7. The molecule has 0 aliphatic heterocycles. The molecule has 2 nitrogen and oxygen atoms in total. The lowest BCUT2D eigenvalue weighted by atomic mass is 9.62. The molecule has 2 rings (SSSR count). The van der Waals surface area contributed by atoms with E-state index in [0.29, 0.717) is 12.3 Å². The van der Waals surface area contributed by atoms with E-state index in [4.69, 9.17) is 17.3 Å². The predicted molar refractivity (Wildman–Crippen MR) is 71.9 cm³/mol. The Labute approximate surface area is 108 Å². The van der Waals surface area contributed by atoms with Gasteiger partial charge in [0.15, 0.2) is 0 Å². The van der Waals surface area contributed by atoms with E-state index in [1.807, 2.05) is 20.8 Å². The van der Waals surface area contributed by atoms with Crippen LogP contribution in [0.2, 0.25) is 5.02 Å². The summed E-state index contributed by atoms with van der Waals surface area (Å²) in [5.41, 5.74) is 9.71. The van der Waals surface area contributed by atoms with Crippen LogP contribution in [-0.4, -0.2) is 11.7 Å². The van der Waals surface area contributed by atoms with Crippen LogP contribution in [0.25, 0.3) is 0 Å². The second-order valence-corrected chi connectivity index (χ2v) is 5.63. The SMILES string of the molecule is Cc1c(C)c(Cl)c(C)c(C2(CN)CCC2)c1O. The van der Waals surface area contributed by atoms with Gasteiger partial charge in [0.2, 0.25) is 0 Å². The smallest absolute Gasteiger partial charge is 0.122 e. The van der Waals surface area contributed by atoms with Crippen LogP contribution in [0.3, 0.4) is 0 Å². The lowest BCUT2D eigenvalue weighted by Gasteiger charge is -2.43. The lowest BCUT2D eigenvalue weighted by Crippen LogP contribution is -2.42. The van der Waals surface area contributed by atoms with Crippen molar-refractivity contribution in [2.24, 2.45) is 5.73 Å². The third kappa shape index (κ3) is 1.66. The normalized spacial score (nSPS) is 17.9. The van der Waals surface area contributed by atoms with Crippen molar-refractivity contribution in [1.82, 2.24) is 0 Å². The van der Waals surface area contributed by atoms with Gasteiger partial charge in [-0.25, -0.2) is 0 Å².